The molecule has 0 bridgehead atoms. The minimum atomic E-state index is -3.76. The van der Waals surface area contributed by atoms with E-state index < -0.39 is 10.0 Å². The first-order valence-corrected chi connectivity index (χ1v) is 8.49. The maximum Gasteiger partial charge on any atom is 0.264 e. The van der Waals surface area contributed by atoms with E-state index in [2.05, 4.69) is 0 Å². The second kappa shape index (κ2) is 6.02. The van der Waals surface area contributed by atoms with Crippen LogP contribution in [-0.2, 0) is 10.0 Å². The highest BCUT2D eigenvalue weighted by Gasteiger charge is 2.23. The predicted molar refractivity (Wildman–Crippen MR) is 76.9 cm³/mol. The van der Waals surface area contributed by atoms with E-state index in [1.165, 1.54) is 17.4 Å². The summed E-state index contributed by atoms with van der Waals surface area (Å²) in [5, 5.41) is 5.12. The minimum Gasteiger partial charge on any atom is -0.336 e. The molecule has 0 radical (unpaired) electrons. The highest BCUT2D eigenvalue weighted by molar-refractivity contribution is 7.89. The summed E-state index contributed by atoms with van der Waals surface area (Å²) >= 11 is 1.17. The van der Waals surface area contributed by atoms with E-state index in [0.717, 1.165) is 6.42 Å². The zero-order valence-corrected chi connectivity index (χ0v) is 13.3. The number of rotatable bonds is 5. The maximum absolute atomic E-state index is 12.4. The number of primary sulfonamides is 1. The molecule has 2 N–H and O–H groups in total. The topological polar surface area (TPSA) is 80.5 Å². The molecule has 1 rings (SSSR count). The van der Waals surface area contributed by atoms with Crippen LogP contribution in [0.4, 0.5) is 0 Å². The van der Waals surface area contributed by atoms with Crippen LogP contribution in [0, 0.1) is 6.92 Å². The Morgan fingerprint density at radius 3 is 2.42 bits per heavy atom. The third-order valence-electron chi connectivity index (χ3n) is 2.74. The Morgan fingerprint density at radius 2 is 2.05 bits per heavy atom. The molecular formula is C12H20N2O3S2. The first-order chi connectivity index (χ1) is 8.68. The van der Waals surface area contributed by atoms with Gasteiger partial charge >= 0.3 is 0 Å². The van der Waals surface area contributed by atoms with E-state index in [-0.39, 0.29) is 16.8 Å². The highest BCUT2D eigenvalue weighted by atomic mass is 32.2. The van der Waals surface area contributed by atoms with Crippen molar-refractivity contribution in [1.29, 1.82) is 0 Å². The first kappa shape index (κ1) is 16.1. The summed E-state index contributed by atoms with van der Waals surface area (Å²) in [5.74, 6) is -0.139. The molecule has 1 aromatic heterocycles. The van der Waals surface area contributed by atoms with Crippen molar-refractivity contribution in [1.82, 2.24) is 4.90 Å². The number of nitrogens with zero attached hydrogens (tertiary/aromatic N) is 1. The lowest BCUT2D eigenvalue weighted by molar-refractivity contribution is 0.0711. The zero-order chi connectivity index (χ0) is 14.8. The van der Waals surface area contributed by atoms with Gasteiger partial charge in [0, 0.05) is 17.5 Å². The number of thiophene rings is 1. The van der Waals surface area contributed by atoms with Crippen molar-refractivity contribution < 1.29 is 13.2 Å². The van der Waals surface area contributed by atoms with Crippen molar-refractivity contribution in [2.24, 2.45) is 5.14 Å². The second-order valence-electron chi connectivity index (χ2n) is 4.67. The Hall–Kier alpha value is -0.920. The van der Waals surface area contributed by atoms with Crippen LogP contribution in [-0.4, -0.2) is 31.8 Å². The molecule has 0 spiro atoms. The Morgan fingerprint density at radius 1 is 1.47 bits per heavy atom. The molecule has 5 nitrogen and oxygen atoms in total. The Labute approximate surface area is 118 Å². The molecular weight excluding hydrogens is 284 g/mol. The van der Waals surface area contributed by atoms with Crippen molar-refractivity contribution in [2.45, 2.75) is 45.1 Å². The van der Waals surface area contributed by atoms with Crippen LogP contribution in [0.5, 0.6) is 0 Å². The summed E-state index contributed by atoms with van der Waals surface area (Å²) in [7, 11) is -3.76. The van der Waals surface area contributed by atoms with Gasteiger partial charge < -0.3 is 4.90 Å². The van der Waals surface area contributed by atoms with Crippen molar-refractivity contribution in [3.8, 4) is 0 Å². The molecule has 108 valence electrons. The molecule has 0 saturated heterocycles. The summed E-state index contributed by atoms with van der Waals surface area (Å²) in [4.78, 5) is 15.1. The maximum atomic E-state index is 12.4. The summed E-state index contributed by atoms with van der Waals surface area (Å²) < 4.78 is 22.8. The summed E-state index contributed by atoms with van der Waals surface area (Å²) in [6.07, 6.45) is 0.857. The molecule has 1 amide bonds. The third kappa shape index (κ3) is 3.77. The lowest BCUT2D eigenvalue weighted by Crippen LogP contribution is -2.37. The molecule has 0 saturated carbocycles. The van der Waals surface area contributed by atoms with Gasteiger partial charge in [0.15, 0.2) is 0 Å². The lowest BCUT2D eigenvalue weighted by atomic mass is 10.2. The smallest absolute Gasteiger partial charge is 0.264 e. The second-order valence-corrected chi connectivity index (χ2v) is 7.45. The minimum absolute atomic E-state index is 0.0426. The average Bonchev–Trinajstić information content (AvgIpc) is 2.66. The molecule has 0 aliphatic rings. The standard InChI is InChI=1S/C12H20N2O3S2/c1-5-6-14(8(2)3)12(15)10-7-11(9(4)18-10)19(13,16)17/h7-8H,5-6H2,1-4H3,(H2,13,16,17). The van der Waals surface area contributed by atoms with E-state index in [9.17, 15) is 13.2 Å². The van der Waals surface area contributed by atoms with Gasteiger partial charge in [-0.1, -0.05) is 6.92 Å². The van der Waals surface area contributed by atoms with Crippen LogP contribution < -0.4 is 5.14 Å². The Kier molecular flexibility index (Phi) is 5.11. The van der Waals surface area contributed by atoms with E-state index in [1.54, 1.807) is 11.8 Å². The molecule has 0 aromatic carbocycles. The van der Waals surface area contributed by atoms with Crippen molar-refractivity contribution in [3.63, 3.8) is 0 Å². The van der Waals surface area contributed by atoms with Crippen LogP contribution in [0.25, 0.3) is 0 Å². The number of carbonyl (C=O) groups excluding carboxylic acids is 1. The van der Waals surface area contributed by atoms with Gasteiger partial charge in [-0.2, -0.15) is 0 Å². The van der Waals surface area contributed by atoms with Crippen molar-refractivity contribution in [2.75, 3.05) is 6.54 Å². The zero-order valence-electron chi connectivity index (χ0n) is 11.6. The number of amides is 1. The number of aryl methyl sites for hydroxylation is 1. The third-order valence-corrected chi connectivity index (χ3v) is 4.94. The van der Waals surface area contributed by atoms with Gasteiger partial charge in [0.1, 0.15) is 0 Å². The number of sulfonamides is 1. The monoisotopic (exact) mass is 304 g/mol. The molecule has 0 aliphatic heterocycles. The molecule has 0 aliphatic carbocycles. The SMILES string of the molecule is CCCN(C(=O)c1cc(S(N)(=O)=O)c(C)s1)C(C)C. The van der Waals surface area contributed by atoms with Gasteiger partial charge in [0.25, 0.3) is 5.91 Å². The fourth-order valence-corrected chi connectivity index (χ4v) is 3.93. The fourth-order valence-electron chi connectivity index (χ4n) is 1.83. The number of carbonyl (C=O) groups is 1. The van der Waals surface area contributed by atoms with Crippen molar-refractivity contribution in [3.05, 3.63) is 15.8 Å². The number of nitrogens with two attached hydrogens (primary N) is 1. The molecule has 0 unspecified atom stereocenters. The van der Waals surface area contributed by atoms with Crippen LogP contribution >= 0.6 is 11.3 Å². The largest absolute Gasteiger partial charge is 0.336 e. The number of hydrogen-bond acceptors (Lipinski definition) is 4. The summed E-state index contributed by atoms with van der Waals surface area (Å²) in [5.41, 5.74) is 0. The molecule has 0 atom stereocenters. The van der Waals surface area contributed by atoms with Gasteiger partial charge in [-0.05, 0) is 33.3 Å². The molecule has 7 heteroatoms. The van der Waals surface area contributed by atoms with Gasteiger partial charge in [-0.25, -0.2) is 13.6 Å². The van der Waals surface area contributed by atoms with E-state index in [0.29, 0.717) is 16.3 Å². The number of hydrogen-bond donors (Lipinski definition) is 1. The van der Waals surface area contributed by atoms with Crippen LogP contribution in [0.3, 0.4) is 0 Å². The molecule has 1 aromatic rings. The van der Waals surface area contributed by atoms with E-state index in [4.69, 9.17) is 5.14 Å². The summed E-state index contributed by atoms with van der Waals surface area (Å²) in [6.45, 7) is 8.18. The van der Waals surface area contributed by atoms with Crippen LogP contribution in [0.1, 0.15) is 41.7 Å². The van der Waals surface area contributed by atoms with Crippen LogP contribution in [0.15, 0.2) is 11.0 Å². The summed E-state index contributed by atoms with van der Waals surface area (Å²) in [6, 6.07) is 1.45. The van der Waals surface area contributed by atoms with Crippen LogP contribution in [0.2, 0.25) is 0 Å². The molecule has 0 fully saturated rings. The Bertz CT molecular complexity index is 562. The highest BCUT2D eigenvalue weighted by Crippen LogP contribution is 2.26. The Balaban J connectivity index is 3.13. The molecule has 19 heavy (non-hydrogen) atoms. The predicted octanol–water partition coefficient (Wildman–Crippen LogP) is 1.96. The van der Waals surface area contributed by atoms with Gasteiger partial charge in [-0.15, -0.1) is 11.3 Å². The van der Waals surface area contributed by atoms with E-state index >= 15 is 0 Å². The van der Waals surface area contributed by atoms with Gasteiger partial charge in [0.05, 0.1) is 9.77 Å². The fraction of sp³-hybridized carbons (Fsp3) is 0.583. The lowest BCUT2D eigenvalue weighted by Gasteiger charge is -2.25. The van der Waals surface area contributed by atoms with Crippen molar-refractivity contribution >= 4 is 27.3 Å². The van der Waals surface area contributed by atoms with E-state index in [1.807, 2.05) is 20.8 Å². The van der Waals surface area contributed by atoms with Gasteiger partial charge in [-0.3, -0.25) is 4.79 Å². The first-order valence-electron chi connectivity index (χ1n) is 6.12. The normalized spacial score (nSPS) is 11.9. The average molecular weight is 304 g/mol. The molecule has 1 heterocycles. The quantitative estimate of drug-likeness (QED) is 0.903. The van der Waals surface area contributed by atoms with Gasteiger partial charge in [0.2, 0.25) is 10.0 Å².